The number of fused-ring (bicyclic) bond motifs is 1. The quantitative estimate of drug-likeness (QED) is 0.852. The van der Waals surface area contributed by atoms with Gasteiger partial charge in [-0.05, 0) is 49.9 Å². The summed E-state index contributed by atoms with van der Waals surface area (Å²) in [5.41, 5.74) is 9.19. The molecule has 0 saturated carbocycles. The van der Waals surface area contributed by atoms with Crippen LogP contribution in [-0.4, -0.2) is 9.97 Å². The maximum absolute atomic E-state index is 5.84. The Kier molecular flexibility index (Phi) is 3.72. The van der Waals surface area contributed by atoms with Crippen molar-refractivity contribution in [1.29, 1.82) is 0 Å². The molecule has 0 saturated heterocycles. The fraction of sp³-hybridized carbons (Fsp3) is 0.333. The molecule has 1 aliphatic rings. The van der Waals surface area contributed by atoms with Gasteiger partial charge in [-0.15, -0.1) is 11.3 Å². The molecule has 2 heterocycles. The summed E-state index contributed by atoms with van der Waals surface area (Å²) < 4.78 is 0. The molecule has 0 aromatic carbocycles. The molecule has 0 bridgehead atoms. The standard InChI is InChI=1S/C15H17N3S2/c1-9-5-6-11(20-9)8-17-15-12(14(16)19)7-10-3-2-4-13(10)18-15/h5-7H,2-4,8H2,1H3,(H2,16,19)(H,17,18). The molecule has 1 aliphatic carbocycles. The van der Waals surface area contributed by atoms with E-state index in [2.05, 4.69) is 30.4 Å². The summed E-state index contributed by atoms with van der Waals surface area (Å²) in [6.07, 6.45) is 3.31. The number of anilines is 1. The van der Waals surface area contributed by atoms with Gasteiger partial charge in [0.15, 0.2) is 0 Å². The van der Waals surface area contributed by atoms with Crippen LogP contribution in [0.5, 0.6) is 0 Å². The molecule has 0 radical (unpaired) electrons. The lowest BCUT2D eigenvalue weighted by atomic mass is 10.1. The van der Waals surface area contributed by atoms with Gasteiger partial charge in [-0.3, -0.25) is 0 Å². The van der Waals surface area contributed by atoms with Crippen LogP contribution in [0.4, 0.5) is 5.82 Å². The van der Waals surface area contributed by atoms with E-state index in [4.69, 9.17) is 22.9 Å². The fourth-order valence-electron chi connectivity index (χ4n) is 2.55. The highest BCUT2D eigenvalue weighted by molar-refractivity contribution is 7.80. The molecule has 0 atom stereocenters. The minimum Gasteiger partial charge on any atom is -0.389 e. The molecule has 20 heavy (non-hydrogen) atoms. The van der Waals surface area contributed by atoms with Crippen LogP contribution in [0.15, 0.2) is 18.2 Å². The summed E-state index contributed by atoms with van der Waals surface area (Å²) in [4.78, 5) is 7.74. The number of rotatable bonds is 4. The van der Waals surface area contributed by atoms with Crippen LogP contribution < -0.4 is 11.1 Å². The van der Waals surface area contributed by atoms with Gasteiger partial charge >= 0.3 is 0 Å². The van der Waals surface area contributed by atoms with E-state index in [1.807, 2.05) is 0 Å². The van der Waals surface area contributed by atoms with Crippen molar-refractivity contribution in [2.45, 2.75) is 32.7 Å². The smallest absolute Gasteiger partial charge is 0.136 e. The molecule has 0 amide bonds. The van der Waals surface area contributed by atoms with Gasteiger partial charge in [-0.2, -0.15) is 0 Å². The summed E-state index contributed by atoms with van der Waals surface area (Å²) in [5.74, 6) is 0.823. The molecule has 2 aromatic rings. The molecule has 104 valence electrons. The number of thiophene rings is 1. The zero-order valence-electron chi connectivity index (χ0n) is 11.4. The van der Waals surface area contributed by atoms with Crippen molar-refractivity contribution in [3.63, 3.8) is 0 Å². The minimum atomic E-state index is 0.414. The minimum absolute atomic E-state index is 0.414. The predicted octanol–water partition coefficient (Wildman–Crippen LogP) is 3.19. The Morgan fingerprint density at radius 3 is 3.00 bits per heavy atom. The van der Waals surface area contributed by atoms with Crippen molar-refractivity contribution < 1.29 is 0 Å². The summed E-state index contributed by atoms with van der Waals surface area (Å²) in [7, 11) is 0. The number of nitrogens with zero attached hydrogens (tertiary/aromatic N) is 1. The summed E-state index contributed by atoms with van der Waals surface area (Å²) in [6.45, 7) is 2.88. The monoisotopic (exact) mass is 303 g/mol. The van der Waals surface area contributed by atoms with E-state index in [0.717, 1.165) is 30.8 Å². The Morgan fingerprint density at radius 2 is 2.30 bits per heavy atom. The number of aryl methyl sites for hydroxylation is 3. The van der Waals surface area contributed by atoms with Crippen LogP contribution in [0.2, 0.25) is 0 Å². The predicted molar refractivity (Wildman–Crippen MR) is 88.5 cm³/mol. The lowest BCUT2D eigenvalue weighted by Crippen LogP contribution is -2.15. The average molecular weight is 303 g/mol. The Hall–Kier alpha value is -1.46. The second-order valence-electron chi connectivity index (χ2n) is 5.07. The van der Waals surface area contributed by atoms with E-state index in [-0.39, 0.29) is 0 Å². The lowest BCUT2D eigenvalue weighted by molar-refractivity contribution is 0.899. The highest BCUT2D eigenvalue weighted by Gasteiger charge is 2.17. The molecular weight excluding hydrogens is 286 g/mol. The Bertz CT molecular complexity index is 661. The third kappa shape index (κ3) is 2.69. The highest BCUT2D eigenvalue weighted by atomic mass is 32.1. The first kappa shape index (κ1) is 13.5. The number of hydrogen-bond acceptors (Lipinski definition) is 4. The molecular formula is C15H17N3S2. The van der Waals surface area contributed by atoms with Gasteiger partial charge in [0, 0.05) is 15.4 Å². The largest absolute Gasteiger partial charge is 0.389 e. The number of nitrogens with two attached hydrogens (primary N) is 1. The Morgan fingerprint density at radius 1 is 1.45 bits per heavy atom. The zero-order chi connectivity index (χ0) is 14.1. The van der Waals surface area contributed by atoms with E-state index in [1.165, 1.54) is 27.4 Å². The third-order valence-corrected chi connectivity index (χ3v) is 4.76. The van der Waals surface area contributed by atoms with Crippen molar-refractivity contribution >= 4 is 34.4 Å². The first-order chi connectivity index (χ1) is 9.63. The van der Waals surface area contributed by atoms with Crippen molar-refractivity contribution in [3.05, 3.63) is 44.8 Å². The molecule has 0 aliphatic heterocycles. The van der Waals surface area contributed by atoms with Crippen LogP contribution in [0.3, 0.4) is 0 Å². The zero-order valence-corrected chi connectivity index (χ0v) is 13.0. The van der Waals surface area contributed by atoms with E-state index in [0.29, 0.717) is 4.99 Å². The molecule has 3 N–H and O–H groups in total. The molecule has 3 nitrogen and oxygen atoms in total. The van der Waals surface area contributed by atoms with Gasteiger partial charge in [0.1, 0.15) is 10.8 Å². The van der Waals surface area contributed by atoms with Gasteiger partial charge in [0.25, 0.3) is 0 Å². The molecule has 0 unspecified atom stereocenters. The van der Waals surface area contributed by atoms with Crippen molar-refractivity contribution in [3.8, 4) is 0 Å². The number of hydrogen-bond donors (Lipinski definition) is 2. The Balaban J connectivity index is 1.86. The first-order valence-electron chi connectivity index (χ1n) is 6.75. The number of pyridine rings is 1. The van der Waals surface area contributed by atoms with Gasteiger partial charge in [-0.1, -0.05) is 12.2 Å². The number of thiocarbonyl (C=S) groups is 1. The molecule has 0 fully saturated rings. The van der Waals surface area contributed by atoms with Crippen molar-refractivity contribution in [2.75, 3.05) is 5.32 Å². The van der Waals surface area contributed by atoms with E-state index in [1.54, 1.807) is 11.3 Å². The van der Waals surface area contributed by atoms with Gasteiger partial charge < -0.3 is 11.1 Å². The second kappa shape index (κ2) is 5.50. The van der Waals surface area contributed by atoms with E-state index >= 15 is 0 Å². The van der Waals surface area contributed by atoms with Gasteiger partial charge in [0.05, 0.1) is 12.1 Å². The number of nitrogens with one attached hydrogen (secondary N) is 1. The highest BCUT2D eigenvalue weighted by Crippen LogP contribution is 2.26. The van der Waals surface area contributed by atoms with Gasteiger partial charge in [-0.25, -0.2) is 4.98 Å². The maximum Gasteiger partial charge on any atom is 0.136 e. The average Bonchev–Trinajstić information content (AvgIpc) is 3.03. The maximum atomic E-state index is 5.84. The van der Waals surface area contributed by atoms with Crippen LogP contribution in [-0.2, 0) is 19.4 Å². The summed E-state index contributed by atoms with van der Waals surface area (Å²) >= 11 is 6.95. The molecule has 3 rings (SSSR count). The van der Waals surface area contributed by atoms with Crippen LogP contribution in [0.1, 0.15) is 33.0 Å². The van der Waals surface area contributed by atoms with Crippen molar-refractivity contribution in [1.82, 2.24) is 4.98 Å². The summed E-state index contributed by atoms with van der Waals surface area (Å²) in [6, 6.07) is 6.38. The molecule has 5 heteroatoms. The van der Waals surface area contributed by atoms with Crippen LogP contribution >= 0.6 is 23.6 Å². The van der Waals surface area contributed by atoms with Gasteiger partial charge in [0.2, 0.25) is 0 Å². The fourth-order valence-corrected chi connectivity index (χ4v) is 3.53. The van der Waals surface area contributed by atoms with Crippen molar-refractivity contribution in [2.24, 2.45) is 5.73 Å². The normalized spacial score (nSPS) is 13.2. The number of aromatic nitrogens is 1. The second-order valence-corrected chi connectivity index (χ2v) is 6.89. The Labute approximate surface area is 128 Å². The van der Waals surface area contributed by atoms with Crippen LogP contribution in [0.25, 0.3) is 0 Å². The first-order valence-corrected chi connectivity index (χ1v) is 7.98. The molecule has 0 spiro atoms. The lowest BCUT2D eigenvalue weighted by Gasteiger charge is -2.12. The molecule has 2 aromatic heterocycles. The van der Waals surface area contributed by atoms with Crippen LogP contribution in [0, 0.1) is 6.92 Å². The van der Waals surface area contributed by atoms with E-state index in [9.17, 15) is 0 Å². The summed E-state index contributed by atoms with van der Waals surface area (Å²) in [5, 5.41) is 3.39. The third-order valence-electron chi connectivity index (χ3n) is 3.54. The topological polar surface area (TPSA) is 50.9 Å². The SMILES string of the molecule is Cc1ccc(CNc2nc3c(cc2C(N)=S)CCC3)s1. The van der Waals surface area contributed by atoms with E-state index < -0.39 is 0 Å².